The van der Waals surface area contributed by atoms with Crippen LogP contribution in [-0.4, -0.2) is 42.8 Å². The predicted molar refractivity (Wildman–Crippen MR) is 147 cm³/mol. The average molecular weight is 482 g/mol. The van der Waals surface area contributed by atoms with Crippen molar-refractivity contribution in [2.75, 3.05) is 26.2 Å². The van der Waals surface area contributed by atoms with Gasteiger partial charge in [-0.05, 0) is 30.3 Å². The van der Waals surface area contributed by atoms with Gasteiger partial charge in [-0.2, -0.15) is 0 Å². The van der Waals surface area contributed by atoms with Crippen molar-refractivity contribution in [1.29, 1.82) is 0 Å². The molecule has 7 rings (SSSR count). The third kappa shape index (κ3) is 3.91. The minimum Gasteiger partial charge on any atom is -0.455 e. The molecule has 0 unspecified atom stereocenters. The summed E-state index contributed by atoms with van der Waals surface area (Å²) in [6.45, 7) is 7.48. The van der Waals surface area contributed by atoms with Gasteiger partial charge in [0.15, 0.2) is 0 Å². The number of aromatic nitrogens is 1. The maximum absolute atomic E-state index is 6.24. The van der Waals surface area contributed by atoms with Crippen LogP contribution in [-0.2, 0) is 0 Å². The number of nitrogens with zero attached hydrogens (tertiary/aromatic N) is 2. The predicted octanol–water partition coefficient (Wildman–Crippen LogP) is 6.04. The Balaban J connectivity index is 0.00000112. The van der Waals surface area contributed by atoms with Crippen LogP contribution in [0.25, 0.3) is 43.0 Å². The van der Waals surface area contributed by atoms with Crippen molar-refractivity contribution < 1.29 is 4.42 Å². The number of amidine groups is 2. The van der Waals surface area contributed by atoms with E-state index < -0.39 is 0 Å². The first kappa shape index (κ1) is 21.7. The van der Waals surface area contributed by atoms with Crippen molar-refractivity contribution in [2.24, 2.45) is 9.98 Å². The highest BCUT2D eigenvalue weighted by Gasteiger charge is 2.16. The normalized spacial score (nSPS) is 14.9. The number of aliphatic imine (C=N–C) groups is 2. The van der Waals surface area contributed by atoms with E-state index in [4.69, 9.17) is 4.42 Å². The zero-order chi connectivity index (χ0) is 23.8. The number of thiophene rings is 1. The van der Waals surface area contributed by atoms with Crippen LogP contribution < -0.4 is 10.6 Å². The summed E-state index contributed by atoms with van der Waals surface area (Å²) in [5.74, 6) is 2.83. The molecule has 6 nitrogen and oxygen atoms in total. The summed E-state index contributed by atoms with van der Waals surface area (Å²) in [6, 6.07) is 19.2. The van der Waals surface area contributed by atoms with Gasteiger partial charge in [0.2, 0.25) is 0 Å². The molecule has 0 spiro atoms. The van der Waals surface area contributed by atoms with Gasteiger partial charge in [0.05, 0.1) is 18.0 Å². The number of hydrogen-bond acceptors (Lipinski definition) is 6. The molecule has 0 amide bonds. The zero-order valence-corrected chi connectivity index (χ0v) is 20.6. The van der Waals surface area contributed by atoms with Crippen molar-refractivity contribution in [3.05, 3.63) is 71.9 Å². The van der Waals surface area contributed by atoms with Crippen LogP contribution in [0.2, 0.25) is 0 Å². The van der Waals surface area contributed by atoms with E-state index in [1.165, 1.54) is 15.8 Å². The maximum Gasteiger partial charge on any atom is 0.145 e. The first-order valence-corrected chi connectivity index (χ1v) is 13.0. The average Bonchev–Trinajstić information content (AvgIpc) is 3.73. The molecule has 2 aliphatic rings. The number of furan rings is 1. The summed E-state index contributed by atoms with van der Waals surface area (Å²) >= 11 is 1.75. The third-order valence-electron chi connectivity index (χ3n) is 6.21. The topological polar surface area (TPSA) is 77.7 Å². The monoisotopic (exact) mass is 481 g/mol. The molecule has 3 aromatic heterocycles. The van der Waals surface area contributed by atoms with E-state index in [0.29, 0.717) is 0 Å². The highest BCUT2D eigenvalue weighted by atomic mass is 32.1. The van der Waals surface area contributed by atoms with Gasteiger partial charge in [0.1, 0.15) is 23.0 Å². The molecule has 5 heterocycles. The Morgan fingerprint density at radius 2 is 1.51 bits per heavy atom. The second-order valence-electron chi connectivity index (χ2n) is 8.30. The first-order valence-electron chi connectivity index (χ1n) is 12.1. The summed E-state index contributed by atoms with van der Waals surface area (Å²) in [7, 11) is 0. The maximum atomic E-state index is 6.24. The van der Waals surface area contributed by atoms with Gasteiger partial charge in [-0.25, -0.2) is 0 Å². The third-order valence-corrected chi connectivity index (χ3v) is 7.34. The van der Waals surface area contributed by atoms with E-state index in [1.807, 2.05) is 13.8 Å². The summed E-state index contributed by atoms with van der Waals surface area (Å²) < 4.78 is 6.24. The number of fused-ring (bicyclic) bond motifs is 2. The van der Waals surface area contributed by atoms with Crippen molar-refractivity contribution in [3.8, 4) is 21.1 Å². The van der Waals surface area contributed by atoms with Gasteiger partial charge in [0.25, 0.3) is 0 Å². The standard InChI is InChI=1S/C26H21N5OS.C2H6/c1-2-17(26-29-9-10-30-26)13-21-15(1)12-22(32-21)24-6-5-23(33-24)19-14-31-20-11-16(3-4-18(19)20)25-27-7-8-28-25;1-2/h1-6,11-14,31H,7-10H2,(H,27,28)(H,29,30);1-2H3. The van der Waals surface area contributed by atoms with E-state index in [-0.39, 0.29) is 0 Å². The van der Waals surface area contributed by atoms with Crippen LogP contribution in [0.15, 0.2) is 75.2 Å². The van der Waals surface area contributed by atoms with Gasteiger partial charge < -0.3 is 20.0 Å². The quantitative estimate of drug-likeness (QED) is 0.293. The molecule has 3 N–H and O–H groups in total. The Bertz CT molecular complexity index is 1590. The van der Waals surface area contributed by atoms with Crippen LogP contribution in [0.4, 0.5) is 0 Å². The fourth-order valence-corrected chi connectivity index (χ4v) is 5.56. The van der Waals surface area contributed by atoms with Crippen LogP contribution in [0.5, 0.6) is 0 Å². The lowest BCUT2D eigenvalue weighted by atomic mass is 10.1. The molecule has 2 aromatic carbocycles. The van der Waals surface area contributed by atoms with Crippen molar-refractivity contribution >= 4 is 44.9 Å². The van der Waals surface area contributed by atoms with Crippen LogP contribution in [0.3, 0.4) is 0 Å². The minimum atomic E-state index is 0.829. The molecule has 176 valence electrons. The van der Waals surface area contributed by atoms with E-state index in [2.05, 4.69) is 86.4 Å². The Labute approximate surface area is 207 Å². The molecule has 35 heavy (non-hydrogen) atoms. The molecule has 0 fully saturated rings. The Kier molecular flexibility index (Phi) is 5.62. The number of rotatable bonds is 4. The second-order valence-corrected chi connectivity index (χ2v) is 9.39. The molecule has 0 atom stereocenters. The highest BCUT2D eigenvalue weighted by Crippen LogP contribution is 2.39. The summed E-state index contributed by atoms with van der Waals surface area (Å²) in [6.07, 6.45) is 2.09. The molecular formula is C28H27N5OS. The zero-order valence-electron chi connectivity index (χ0n) is 19.8. The van der Waals surface area contributed by atoms with Gasteiger partial charge >= 0.3 is 0 Å². The lowest BCUT2D eigenvalue weighted by Crippen LogP contribution is -2.19. The van der Waals surface area contributed by atoms with Crippen molar-refractivity contribution in [2.45, 2.75) is 13.8 Å². The van der Waals surface area contributed by atoms with Gasteiger partial charge in [-0.1, -0.05) is 38.1 Å². The van der Waals surface area contributed by atoms with Crippen molar-refractivity contribution in [1.82, 2.24) is 15.6 Å². The molecule has 0 aliphatic carbocycles. The van der Waals surface area contributed by atoms with Crippen molar-refractivity contribution in [3.63, 3.8) is 0 Å². The van der Waals surface area contributed by atoms with Crippen LogP contribution in [0.1, 0.15) is 25.0 Å². The molecule has 0 saturated carbocycles. The minimum absolute atomic E-state index is 0.829. The van der Waals surface area contributed by atoms with Gasteiger partial charge in [-0.3, -0.25) is 9.98 Å². The number of aromatic amines is 1. The molecule has 0 bridgehead atoms. The second kappa shape index (κ2) is 9.07. The highest BCUT2D eigenvalue weighted by molar-refractivity contribution is 7.18. The van der Waals surface area contributed by atoms with E-state index in [0.717, 1.165) is 76.1 Å². The number of benzene rings is 2. The van der Waals surface area contributed by atoms with Gasteiger partial charge in [0, 0.05) is 57.1 Å². The van der Waals surface area contributed by atoms with E-state index in [1.54, 1.807) is 11.3 Å². The summed E-state index contributed by atoms with van der Waals surface area (Å²) in [4.78, 5) is 14.8. The first-order chi connectivity index (χ1) is 17.3. The number of nitrogens with one attached hydrogen (secondary N) is 3. The summed E-state index contributed by atoms with van der Waals surface area (Å²) in [5.41, 5.74) is 5.41. The van der Waals surface area contributed by atoms with Gasteiger partial charge in [-0.15, -0.1) is 11.3 Å². The molecule has 2 aliphatic heterocycles. The fraction of sp³-hybridized carbons (Fsp3) is 0.214. The molecular weight excluding hydrogens is 454 g/mol. The van der Waals surface area contributed by atoms with Crippen LogP contribution in [0, 0.1) is 0 Å². The van der Waals surface area contributed by atoms with E-state index in [9.17, 15) is 0 Å². The molecule has 7 heteroatoms. The Morgan fingerprint density at radius 3 is 2.26 bits per heavy atom. The molecule has 0 saturated heterocycles. The van der Waals surface area contributed by atoms with Crippen LogP contribution >= 0.6 is 11.3 Å². The lowest BCUT2D eigenvalue weighted by molar-refractivity contribution is 0.633. The largest absolute Gasteiger partial charge is 0.455 e. The number of H-pyrrole nitrogens is 1. The SMILES string of the molecule is CC.c1cc2c(-c3ccc(-c4cc5ccc(C6=NCCN6)cc5o4)s3)c[nH]c2cc1C1=NCCN1. The van der Waals surface area contributed by atoms with E-state index >= 15 is 0 Å². The Morgan fingerprint density at radius 1 is 0.800 bits per heavy atom. The molecule has 5 aromatic rings. The molecule has 0 radical (unpaired) electrons. The fourth-order valence-electron chi connectivity index (χ4n) is 4.57. The summed E-state index contributed by atoms with van der Waals surface area (Å²) in [5, 5.41) is 8.99. The smallest absolute Gasteiger partial charge is 0.145 e. The Hall–Kier alpha value is -3.84. The lowest BCUT2D eigenvalue weighted by Gasteiger charge is -2.03. The number of hydrogen-bond donors (Lipinski definition) is 3.